The van der Waals surface area contributed by atoms with Crippen LogP contribution in [0.25, 0.3) is 0 Å². The number of benzene rings is 3. The van der Waals surface area contributed by atoms with Crippen LogP contribution in [0.2, 0.25) is 0 Å². The van der Waals surface area contributed by atoms with Gasteiger partial charge in [-0.05, 0) is 74.9 Å². The molecule has 0 radical (unpaired) electrons. The van der Waals surface area contributed by atoms with Gasteiger partial charge in [-0.25, -0.2) is 4.39 Å². The quantitative estimate of drug-likeness (QED) is 0.228. The summed E-state index contributed by atoms with van der Waals surface area (Å²) in [5, 5.41) is 8.29. The van der Waals surface area contributed by atoms with Crippen molar-refractivity contribution < 1.29 is 37.8 Å². The fourth-order valence-electron chi connectivity index (χ4n) is 5.89. The van der Waals surface area contributed by atoms with Crippen molar-refractivity contribution >= 4 is 23.6 Å². The number of halogens is 1. The molecular formula is C40H51FN4O7. The van der Waals surface area contributed by atoms with Crippen molar-refractivity contribution in [1.82, 2.24) is 20.9 Å². The second-order valence-corrected chi connectivity index (χ2v) is 14.2. The highest BCUT2D eigenvalue weighted by Crippen LogP contribution is 2.34. The van der Waals surface area contributed by atoms with E-state index in [1.165, 1.54) is 12.1 Å². The summed E-state index contributed by atoms with van der Waals surface area (Å²) in [4.78, 5) is 56.4. The maximum absolute atomic E-state index is 14.9. The predicted molar refractivity (Wildman–Crippen MR) is 196 cm³/mol. The third kappa shape index (κ3) is 11.2. The Balaban J connectivity index is 1.55. The maximum atomic E-state index is 14.9. The number of carbonyl (C=O) groups excluding carboxylic acids is 4. The van der Waals surface area contributed by atoms with Crippen molar-refractivity contribution in [3.05, 3.63) is 83.7 Å². The van der Waals surface area contributed by atoms with Crippen LogP contribution < -0.4 is 30.2 Å². The highest BCUT2D eigenvalue weighted by molar-refractivity contribution is 6.01. The molecule has 3 N–H and O–H groups in total. The number of likely N-dealkylation sites (N-methyl/N-ethyl adjacent to an activating group) is 1. The van der Waals surface area contributed by atoms with Crippen LogP contribution in [0, 0.1) is 24.6 Å². The van der Waals surface area contributed by atoms with E-state index in [1.54, 1.807) is 61.3 Å². The molecule has 4 amide bonds. The Bertz CT molecular complexity index is 1700. The van der Waals surface area contributed by atoms with Crippen LogP contribution in [0.5, 0.6) is 23.0 Å². The number of ether oxygens (including phenoxy) is 3. The number of fused-ring (bicyclic) bond motifs is 1. The van der Waals surface area contributed by atoms with Crippen molar-refractivity contribution in [3.8, 4) is 23.0 Å². The van der Waals surface area contributed by atoms with Crippen molar-refractivity contribution in [2.45, 2.75) is 85.0 Å². The molecule has 0 unspecified atom stereocenters. The molecule has 3 aromatic carbocycles. The Morgan fingerprint density at radius 3 is 2.33 bits per heavy atom. The van der Waals surface area contributed by atoms with E-state index < -0.39 is 48.1 Å². The number of nitrogens with zero attached hydrogens (tertiary/aromatic N) is 1. The normalized spacial score (nSPS) is 19.2. The molecule has 0 aromatic heterocycles. The first-order valence-corrected chi connectivity index (χ1v) is 17.8. The minimum absolute atomic E-state index is 0.0742. The standard InChI is InChI=1S/C40H51FN4O7/c1-24(2)19-28-23-50-34-13-9-8-11-30(34)38(47)44-32(21-36(46)43-33(20-25(3)4)40(49)45(28)7)39(48)42-27(6)22-51-37-31(41)12-10-14-35(37)52-29-17-15-26(5)16-18-29/h8-18,24-25,27-28,32-33H,19-23H2,1-7H3,(H,42,48)(H,43,46)(H,44,47)/t27-,28-,32+,33-/m1/s1. The maximum Gasteiger partial charge on any atom is 0.255 e. The molecule has 4 rings (SSSR count). The van der Waals surface area contributed by atoms with Gasteiger partial charge in [-0.15, -0.1) is 0 Å². The summed E-state index contributed by atoms with van der Waals surface area (Å²) in [6.07, 6.45) is 0.564. The lowest BCUT2D eigenvalue weighted by atomic mass is 9.99. The van der Waals surface area contributed by atoms with Gasteiger partial charge in [0.1, 0.15) is 36.8 Å². The number of hydrogen-bond donors (Lipinski definition) is 3. The molecule has 12 heteroatoms. The van der Waals surface area contributed by atoms with Crippen LogP contribution in [-0.4, -0.2) is 73.0 Å². The first kappa shape index (κ1) is 39.7. The first-order valence-electron chi connectivity index (χ1n) is 17.8. The van der Waals surface area contributed by atoms with Crippen molar-refractivity contribution in [2.24, 2.45) is 11.8 Å². The fraction of sp³-hybridized carbons (Fsp3) is 0.450. The minimum atomic E-state index is -1.33. The molecule has 11 nitrogen and oxygen atoms in total. The van der Waals surface area contributed by atoms with Gasteiger partial charge in [0.05, 0.1) is 24.1 Å². The van der Waals surface area contributed by atoms with Gasteiger partial charge in [-0.3, -0.25) is 19.2 Å². The number of rotatable bonds is 11. The van der Waals surface area contributed by atoms with Crippen LogP contribution in [0.3, 0.4) is 0 Å². The third-order valence-corrected chi connectivity index (χ3v) is 8.60. The van der Waals surface area contributed by atoms with Gasteiger partial charge in [0, 0.05) is 7.05 Å². The summed E-state index contributed by atoms with van der Waals surface area (Å²) in [6, 6.07) is 15.0. The van der Waals surface area contributed by atoms with Crippen molar-refractivity contribution in [3.63, 3.8) is 0 Å². The van der Waals surface area contributed by atoms with Gasteiger partial charge in [0.25, 0.3) is 5.91 Å². The zero-order chi connectivity index (χ0) is 37.9. The van der Waals surface area contributed by atoms with Gasteiger partial charge in [-0.1, -0.05) is 63.6 Å². The molecular weight excluding hydrogens is 667 g/mol. The van der Waals surface area contributed by atoms with E-state index in [1.807, 2.05) is 32.9 Å². The molecule has 1 aliphatic heterocycles. The Labute approximate surface area is 305 Å². The number of nitrogens with one attached hydrogen (secondary N) is 3. The Hall–Kier alpha value is -5.13. The van der Waals surface area contributed by atoms with Crippen molar-refractivity contribution in [2.75, 3.05) is 20.3 Å². The monoisotopic (exact) mass is 718 g/mol. The molecule has 280 valence electrons. The third-order valence-electron chi connectivity index (χ3n) is 8.60. The molecule has 52 heavy (non-hydrogen) atoms. The summed E-state index contributed by atoms with van der Waals surface area (Å²) >= 11 is 0. The zero-order valence-electron chi connectivity index (χ0n) is 31.0. The van der Waals surface area contributed by atoms with Crippen LogP contribution in [0.1, 0.15) is 69.8 Å². The lowest BCUT2D eigenvalue weighted by Gasteiger charge is -2.33. The van der Waals surface area contributed by atoms with E-state index in [9.17, 15) is 23.6 Å². The molecule has 0 spiro atoms. The number of para-hydroxylation sites is 2. The van der Waals surface area contributed by atoms with Gasteiger partial charge in [-0.2, -0.15) is 0 Å². The number of carbonyl (C=O) groups is 4. The molecule has 0 aliphatic carbocycles. The van der Waals surface area contributed by atoms with E-state index in [0.29, 0.717) is 18.6 Å². The average molecular weight is 719 g/mol. The summed E-state index contributed by atoms with van der Waals surface area (Å²) in [5.41, 5.74) is 1.21. The fourth-order valence-corrected chi connectivity index (χ4v) is 5.89. The van der Waals surface area contributed by atoms with E-state index in [0.717, 1.165) is 5.56 Å². The van der Waals surface area contributed by atoms with Crippen LogP contribution in [0.4, 0.5) is 4.39 Å². The second kappa shape index (κ2) is 18.4. The van der Waals surface area contributed by atoms with Crippen molar-refractivity contribution in [1.29, 1.82) is 0 Å². The van der Waals surface area contributed by atoms with Gasteiger partial charge < -0.3 is 35.1 Å². The van der Waals surface area contributed by atoms with E-state index >= 15 is 0 Å². The number of hydrogen-bond acceptors (Lipinski definition) is 7. The summed E-state index contributed by atoms with van der Waals surface area (Å²) in [5.74, 6) is -1.66. The lowest BCUT2D eigenvalue weighted by Crippen LogP contribution is -2.55. The van der Waals surface area contributed by atoms with Crippen LogP contribution >= 0.6 is 0 Å². The van der Waals surface area contributed by atoms with Gasteiger partial charge in [0.2, 0.25) is 17.7 Å². The lowest BCUT2D eigenvalue weighted by molar-refractivity contribution is -0.138. The topological polar surface area (TPSA) is 135 Å². The molecule has 0 saturated carbocycles. The predicted octanol–water partition coefficient (Wildman–Crippen LogP) is 5.80. The summed E-state index contributed by atoms with van der Waals surface area (Å²) in [7, 11) is 1.70. The minimum Gasteiger partial charge on any atom is -0.491 e. The SMILES string of the molecule is Cc1ccc(Oc2cccc(F)c2OC[C@@H](C)NC(=O)[C@@H]2CC(=O)N[C@H](CC(C)C)C(=O)N(C)[C@H](CC(C)C)COc3ccccc3C(=O)N2)cc1. The Morgan fingerprint density at radius 2 is 1.63 bits per heavy atom. The average Bonchev–Trinajstić information content (AvgIpc) is 3.09. The zero-order valence-corrected chi connectivity index (χ0v) is 31.0. The smallest absolute Gasteiger partial charge is 0.255 e. The number of amides is 4. The van der Waals surface area contributed by atoms with E-state index in [2.05, 4.69) is 29.8 Å². The molecule has 3 aromatic rings. The Kier molecular flexibility index (Phi) is 14.0. The Morgan fingerprint density at radius 1 is 0.942 bits per heavy atom. The summed E-state index contributed by atoms with van der Waals surface area (Å²) in [6.45, 7) is 11.6. The van der Waals surface area contributed by atoms with E-state index in [-0.39, 0.29) is 59.8 Å². The highest BCUT2D eigenvalue weighted by Gasteiger charge is 2.33. The van der Waals surface area contributed by atoms with Crippen LogP contribution in [0.15, 0.2) is 66.7 Å². The second-order valence-electron chi connectivity index (χ2n) is 14.2. The van der Waals surface area contributed by atoms with E-state index in [4.69, 9.17) is 14.2 Å². The van der Waals surface area contributed by atoms with Gasteiger partial charge >= 0.3 is 0 Å². The molecule has 1 heterocycles. The molecule has 0 saturated heterocycles. The largest absolute Gasteiger partial charge is 0.491 e. The highest BCUT2D eigenvalue weighted by atomic mass is 19.1. The van der Waals surface area contributed by atoms with Crippen LogP contribution in [-0.2, 0) is 14.4 Å². The first-order chi connectivity index (χ1) is 24.7. The molecule has 1 aliphatic rings. The molecule has 0 bridgehead atoms. The molecule has 0 fully saturated rings. The number of aryl methyl sites for hydroxylation is 1. The molecule has 4 atom stereocenters. The van der Waals surface area contributed by atoms with Gasteiger partial charge in [0.15, 0.2) is 17.3 Å². The summed E-state index contributed by atoms with van der Waals surface area (Å²) < 4.78 is 32.8.